The smallest absolute Gasteiger partial charge is 0.137 e. The number of hydrogen-bond acceptors (Lipinski definition) is 5. The maximum atomic E-state index is 10.3. The van der Waals surface area contributed by atoms with Crippen LogP contribution >= 0.6 is 11.6 Å². The van der Waals surface area contributed by atoms with E-state index in [4.69, 9.17) is 16.1 Å². The Kier molecular flexibility index (Phi) is 4.75. The highest BCUT2D eigenvalue weighted by Gasteiger charge is 2.33. The van der Waals surface area contributed by atoms with Gasteiger partial charge >= 0.3 is 0 Å². The lowest BCUT2D eigenvalue weighted by atomic mass is 10.0. The zero-order chi connectivity index (χ0) is 16.6. The van der Waals surface area contributed by atoms with E-state index in [0.29, 0.717) is 18.1 Å². The number of nitrogens with zero attached hydrogens (tertiary/aromatic N) is 4. The molecule has 2 aromatic rings. The van der Waals surface area contributed by atoms with Gasteiger partial charge in [0.25, 0.3) is 0 Å². The fourth-order valence-electron chi connectivity index (χ4n) is 3.31. The molecule has 1 saturated heterocycles. The van der Waals surface area contributed by atoms with Crippen molar-refractivity contribution in [1.29, 1.82) is 0 Å². The van der Waals surface area contributed by atoms with Crippen LogP contribution in [-0.4, -0.2) is 44.1 Å². The van der Waals surface area contributed by atoms with Gasteiger partial charge in [-0.15, -0.1) is 0 Å². The van der Waals surface area contributed by atoms with Crippen LogP contribution in [0.2, 0.25) is 5.15 Å². The van der Waals surface area contributed by atoms with Crippen LogP contribution in [0.3, 0.4) is 0 Å². The molecule has 0 aromatic carbocycles. The van der Waals surface area contributed by atoms with Crippen LogP contribution in [0.15, 0.2) is 10.6 Å². The maximum Gasteiger partial charge on any atom is 0.137 e. The van der Waals surface area contributed by atoms with Gasteiger partial charge in [-0.3, -0.25) is 9.58 Å². The molecule has 1 aliphatic rings. The largest absolute Gasteiger partial charge is 0.391 e. The topological polar surface area (TPSA) is 67.3 Å². The number of aliphatic hydroxyl groups excluding tert-OH is 1. The molecule has 7 heteroatoms. The molecular weight excluding hydrogens is 316 g/mol. The Labute approximate surface area is 141 Å². The Balaban J connectivity index is 1.67. The van der Waals surface area contributed by atoms with Gasteiger partial charge in [-0.2, -0.15) is 5.10 Å². The van der Waals surface area contributed by atoms with Gasteiger partial charge in [-0.05, 0) is 13.3 Å². The van der Waals surface area contributed by atoms with E-state index in [1.54, 1.807) is 4.68 Å². The molecule has 0 bridgehead atoms. The summed E-state index contributed by atoms with van der Waals surface area (Å²) >= 11 is 6.36. The van der Waals surface area contributed by atoms with E-state index < -0.39 is 0 Å². The lowest BCUT2D eigenvalue weighted by Gasteiger charge is -2.15. The van der Waals surface area contributed by atoms with E-state index >= 15 is 0 Å². The molecule has 0 amide bonds. The average Bonchev–Trinajstić information content (AvgIpc) is 3.15. The first-order valence-electron chi connectivity index (χ1n) is 8.00. The van der Waals surface area contributed by atoms with Crippen LogP contribution in [0.25, 0.3) is 0 Å². The van der Waals surface area contributed by atoms with Crippen molar-refractivity contribution in [2.45, 2.75) is 39.3 Å². The lowest BCUT2D eigenvalue weighted by Crippen LogP contribution is -2.22. The van der Waals surface area contributed by atoms with Crippen LogP contribution in [0.5, 0.6) is 0 Å². The van der Waals surface area contributed by atoms with Crippen molar-refractivity contribution in [3.05, 3.63) is 33.9 Å². The molecule has 0 saturated carbocycles. The third-order valence-corrected chi connectivity index (χ3v) is 4.96. The predicted molar refractivity (Wildman–Crippen MR) is 87.3 cm³/mol. The van der Waals surface area contributed by atoms with Crippen molar-refractivity contribution < 1.29 is 9.63 Å². The minimum absolute atomic E-state index is 0.155. The van der Waals surface area contributed by atoms with Gasteiger partial charge in [-0.1, -0.05) is 23.7 Å². The molecule has 1 aliphatic heterocycles. The van der Waals surface area contributed by atoms with Crippen LogP contribution in [0.1, 0.15) is 29.6 Å². The maximum absolute atomic E-state index is 10.3. The Morgan fingerprint density at radius 3 is 2.87 bits per heavy atom. The molecule has 1 fully saturated rings. The second kappa shape index (κ2) is 6.63. The van der Waals surface area contributed by atoms with E-state index in [0.717, 1.165) is 42.2 Å². The summed E-state index contributed by atoms with van der Waals surface area (Å²) in [6.07, 6.45) is 1.20. The first-order valence-corrected chi connectivity index (χ1v) is 8.38. The molecule has 2 aromatic heterocycles. The molecule has 1 N–H and O–H groups in total. The zero-order valence-electron chi connectivity index (χ0n) is 13.8. The number of aliphatic hydroxyl groups is 1. The Hall–Kier alpha value is -1.37. The van der Waals surface area contributed by atoms with Crippen molar-refractivity contribution in [2.24, 2.45) is 13.0 Å². The highest BCUT2D eigenvalue weighted by Crippen LogP contribution is 2.27. The third kappa shape index (κ3) is 3.44. The van der Waals surface area contributed by atoms with Gasteiger partial charge in [0, 0.05) is 50.7 Å². The SMILES string of the molecule is CCc1nn(C)c(Cl)c1CN1C[C@@H](Cc2cc(C)no2)[C@@H](O)C1. The first kappa shape index (κ1) is 16.5. The van der Waals surface area contributed by atoms with E-state index in [9.17, 15) is 5.11 Å². The Morgan fingerprint density at radius 2 is 2.22 bits per heavy atom. The molecule has 3 heterocycles. The summed E-state index contributed by atoms with van der Waals surface area (Å²) in [4.78, 5) is 2.24. The monoisotopic (exact) mass is 338 g/mol. The number of hydrogen-bond donors (Lipinski definition) is 1. The molecule has 0 spiro atoms. The fraction of sp³-hybridized carbons (Fsp3) is 0.625. The van der Waals surface area contributed by atoms with Crippen molar-refractivity contribution >= 4 is 11.6 Å². The van der Waals surface area contributed by atoms with Crippen LogP contribution in [0, 0.1) is 12.8 Å². The highest BCUT2D eigenvalue weighted by atomic mass is 35.5. The molecule has 6 nitrogen and oxygen atoms in total. The van der Waals surface area contributed by atoms with Gasteiger partial charge in [-0.25, -0.2) is 0 Å². The molecular formula is C16H23ClN4O2. The van der Waals surface area contributed by atoms with E-state index in [1.807, 2.05) is 20.0 Å². The molecule has 3 rings (SSSR count). The van der Waals surface area contributed by atoms with Gasteiger partial charge < -0.3 is 9.63 Å². The standard InChI is InChI=1S/C16H23ClN4O2/c1-4-14-13(16(17)20(3)18-14)8-21-7-11(15(22)9-21)6-12-5-10(2)19-23-12/h5,11,15,22H,4,6-9H2,1-3H3/t11-,15+/m1/s1. The number of rotatable bonds is 5. The number of halogens is 1. The quantitative estimate of drug-likeness (QED) is 0.902. The first-order chi connectivity index (χ1) is 11.0. The molecule has 0 radical (unpaired) electrons. The summed E-state index contributed by atoms with van der Waals surface area (Å²) in [6.45, 7) is 6.16. The normalized spacial score (nSPS) is 22.1. The number of aromatic nitrogens is 3. The second-order valence-corrected chi connectivity index (χ2v) is 6.71. The van der Waals surface area contributed by atoms with Crippen molar-refractivity contribution in [2.75, 3.05) is 13.1 Å². The summed E-state index contributed by atoms with van der Waals surface area (Å²) in [6, 6.07) is 1.93. The highest BCUT2D eigenvalue weighted by molar-refractivity contribution is 6.30. The van der Waals surface area contributed by atoms with Crippen LogP contribution in [-0.2, 0) is 26.4 Å². The molecule has 2 atom stereocenters. The van der Waals surface area contributed by atoms with Crippen molar-refractivity contribution in [3.8, 4) is 0 Å². The van der Waals surface area contributed by atoms with Crippen molar-refractivity contribution in [1.82, 2.24) is 19.8 Å². The summed E-state index contributed by atoms with van der Waals surface area (Å²) < 4.78 is 6.99. The zero-order valence-corrected chi connectivity index (χ0v) is 14.5. The molecule has 0 aliphatic carbocycles. The van der Waals surface area contributed by atoms with Gasteiger partial charge in [0.1, 0.15) is 10.9 Å². The van der Waals surface area contributed by atoms with Gasteiger partial charge in [0.15, 0.2) is 0 Å². The van der Waals surface area contributed by atoms with Crippen molar-refractivity contribution in [3.63, 3.8) is 0 Å². The minimum atomic E-state index is -0.360. The number of aryl methyl sites for hydroxylation is 3. The summed E-state index contributed by atoms with van der Waals surface area (Å²) in [5.74, 6) is 0.991. The summed E-state index contributed by atoms with van der Waals surface area (Å²) in [5, 5.41) is 19.4. The summed E-state index contributed by atoms with van der Waals surface area (Å²) in [7, 11) is 1.86. The second-order valence-electron chi connectivity index (χ2n) is 6.35. The number of β-amino-alcohol motifs (C(OH)–C–C–N with tert-alkyl or cyclic N) is 1. The van der Waals surface area contributed by atoms with E-state index in [-0.39, 0.29) is 12.0 Å². The van der Waals surface area contributed by atoms with E-state index in [1.165, 1.54) is 0 Å². The average molecular weight is 339 g/mol. The van der Waals surface area contributed by atoms with Gasteiger partial charge in [0.2, 0.25) is 0 Å². The number of likely N-dealkylation sites (tertiary alicyclic amines) is 1. The predicted octanol–water partition coefficient (Wildman–Crippen LogP) is 1.97. The lowest BCUT2D eigenvalue weighted by molar-refractivity contribution is 0.137. The van der Waals surface area contributed by atoms with Crippen LogP contribution in [0.4, 0.5) is 0 Å². The van der Waals surface area contributed by atoms with Crippen LogP contribution < -0.4 is 0 Å². The third-order valence-electron chi connectivity index (χ3n) is 4.49. The van der Waals surface area contributed by atoms with E-state index in [2.05, 4.69) is 22.1 Å². The van der Waals surface area contributed by atoms with Gasteiger partial charge in [0.05, 0.1) is 17.5 Å². The minimum Gasteiger partial charge on any atom is -0.391 e. The Bertz CT molecular complexity index is 682. The Morgan fingerprint density at radius 1 is 1.43 bits per heavy atom. The molecule has 126 valence electrons. The molecule has 0 unspecified atom stereocenters. The summed E-state index contributed by atoms with van der Waals surface area (Å²) in [5.41, 5.74) is 2.97. The molecule has 23 heavy (non-hydrogen) atoms. The fourth-order valence-corrected chi connectivity index (χ4v) is 3.51.